The summed E-state index contributed by atoms with van der Waals surface area (Å²) < 4.78 is 45.0. The van der Waals surface area contributed by atoms with Gasteiger partial charge in [-0.25, -0.2) is 18.2 Å². The minimum atomic E-state index is -4.34. The molecule has 16 nitrogen and oxygen atoms in total. The number of aryl methyl sites for hydroxylation is 1. The Morgan fingerprint density at radius 1 is 0.980 bits per heavy atom. The van der Waals surface area contributed by atoms with Crippen molar-refractivity contribution in [3.8, 4) is 5.75 Å². The zero-order valence-corrected chi connectivity index (χ0v) is 27.6. The summed E-state index contributed by atoms with van der Waals surface area (Å²) in [5, 5.41) is 15.8. The van der Waals surface area contributed by atoms with Gasteiger partial charge in [0.15, 0.2) is 5.82 Å². The average Bonchev–Trinajstić information content (AvgIpc) is 3.46. The van der Waals surface area contributed by atoms with Crippen molar-refractivity contribution in [3.05, 3.63) is 64.3 Å². The molecule has 3 fully saturated rings. The van der Waals surface area contributed by atoms with E-state index in [1.807, 2.05) is 23.1 Å². The second-order valence-electron chi connectivity index (χ2n) is 12.6. The van der Waals surface area contributed by atoms with Crippen molar-refractivity contribution in [1.82, 2.24) is 29.0 Å². The highest BCUT2D eigenvalue weighted by Gasteiger charge is 2.38. The lowest BCUT2D eigenvalue weighted by Crippen LogP contribution is -2.48. The summed E-state index contributed by atoms with van der Waals surface area (Å²) in [5.41, 5.74) is 1.69. The standard InChI is InChI=1S/C32H33FN8O8S/c1-37-24-12-18(2-5-22(24)41(32(37)47)23-6-7-26(43)35-31(23)46)15-38-8-10-39(11-9-38)16-27(44)34-20-3-4-21-19(13-20)14-25(42)30(29(21)33)40-17-28(45)36-50(40,48)49/h2-5,12-14,23,42H,6-11,15-17H2,1H3,(H,34,44)(H,36,45)(H,35,43,46). The third kappa shape index (κ3) is 6.05. The van der Waals surface area contributed by atoms with Crippen molar-refractivity contribution in [3.63, 3.8) is 0 Å². The van der Waals surface area contributed by atoms with Crippen LogP contribution in [0.1, 0.15) is 24.4 Å². The van der Waals surface area contributed by atoms with Gasteiger partial charge < -0.3 is 10.4 Å². The zero-order chi connectivity index (χ0) is 35.5. The van der Waals surface area contributed by atoms with Crippen LogP contribution in [-0.4, -0.2) is 95.4 Å². The molecule has 3 aliphatic heterocycles. The van der Waals surface area contributed by atoms with Gasteiger partial charge in [-0.05, 0) is 53.8 Å². The number of anilines is 2. The number of piperidine rings is 1. The van der Waals surface area contributed by atoms with Crippen molar-refractivity contribution >= 4 is 67.0 Å². The number of hydrogen-bond donors (Lipinski definition) is 4. The SMILES string of the molecule is Cn1c(=O)n(C2CCC(=O)NC2=O)c2ccc(CN3CCN(CC(=O)Nc4ccc5c(F)c(N6CC(=O)NS6(=O)=O)c(O)cc5c4)CC3)cc21. The number of fused-ring (bicyclic) bond motifs is 2. The number of aromatic nitrogens is 2. The Bertz CT molecular complexity index is 2280. The lowest BCUT2D eigenvalue weighted by molar-refractivity contribution is -0.135. The van der Waals surface area contributed by atoms with Crippen LogP contribution in [0.5, 0.6) is 5.75 Å². The summed E-state index contributed by atoms with van der Waals surface area (Å²) in [4.78, 5) is 66.0. The number of phenolic OH excluding ortho intramolecular Hbond substituents is 1. The molecule has 1 atom stereocenters. The van der Waals surface area contributed by atoms with Crippen LogP contribution in [0.4, 0.5) is 15.8 Å². The second-order valence-corrected chi connectivity index (χ2v) is 14.2. The van der Waals surface area contributed by atoms with Crippen LogP contribution in [0, 0.1) is 5.82 Å². The van der Waals surface area contributed by atoms with E-state index in [0.29, 0.717) is 53.7 Å². The monoisotopic (exact) mass is 708 g/mol. The first-order chi connectivity index (χ1) is 23.8. The van der Waals surface area contributed by atoms with Gasteiger partial charge in [0, 0.05) is 57.3 Å². The highest BCUT2D eigenvalue weighted by Crippen LogP contribution is 2.39. The van der Waals surface area contributed by atoms with Gasteiger partial charge in [-0.15, -0.1) is 0 Å². The Kier molecular flexibility index (Phi) is 8.31. The van der Waals surface area contributed by atoms with Crippen LogP contribution in [0.25, 0.3) is 21.8 Å². The number of rotatable bonds is 7. The molecular weight excluding hydrogens is 675 g/mol. The Morgan fingerprint density at radius 3 is 2.42 bits per heavy atom. The van der Waals surface area contributed by atoms with Crippen LogP contribution in [-0.2, 0) is 43.0 Å². The van der Waals surface area contributed by atoms with E-state index in [2.05, 4.69) is 15.5 Å². The molecule has 4 amide bonds. The molecule has 50 heavy (non-hydrogen) atoms. The molecule has 0 aliphatic carbocycles. The zero-order valence-electron chi connectivity index (χ0n) is 26.8. The molecule has 7 rings (SSSR count). The maximum absolute atomic E-state index is 15.4. The van der Waals surface area contributed by atoms with E-state index in [-0.39, 0.29) is 47.7 Å². The Hall–Kier alpha value is -5.33. The van der Waals surface area contributed by atoms with Crippen LogP contribution >= 0.6 is 0 Å². The predicted molar refractivity (Wildman–Crippen MR) is 179 cm³/mol. The van der Waals surface area contributed by atoms with Gasteiger partial charge in [-0.3, -0.25) is 43.4 Å². The molecule has 262 valence electrons. The van der Waals surface area contributed by atoms with Crippen LogP contribution in [0.15, 0.2) is 47.3 Å². The maximum Gasteiger partial charge on any atom is 0.329 e. The number of halogens is 1. The van der Waals surface area contributed by atoms with Crippen LogP contribution < -0.4 is 25.4 Å². The van der Waals surface area contributed by atoms with Gasteiger partial charge in [0.1, 0.15) is 24.0 Å². The van der Waals surface area contributed by atoms with Gasteiger partial charge >= 0.3 is 15.9 Å². The van der Waals surface area contributed by atoms with Crippen molar-refractivity contribution < 1.29 is 37.1 Å². The normalized spacial score (nSPS) is 20.0. The first-order valence-electron chi connectivity index (χ1n) is 15.9. The Balaban J connectivity index is 0.959. The molecular formula is C32H33FN8O8S. The number of piperazine rings is 1. The number of hydrogen-bond acceptors (Lipinski definition) is 10. The van der Waals surface area contributed by atoms with Gasteiger partial charge in [0.05, 0.1) is 17.6 Å². The lowest BCUT2D eigenvalue weighted by Gasteiger charge is -2.34. The number of imide groups is 1. The topological polar surface area (TPSA) is 195 Å². The fraction of sp³-hybridized carbons (Fsp3) is 0.344. The van der Waals surface area contributed by atoms with Crippen molar-refractivity contribution in [2.75, 3.05) is 48.9 Å². The molecule has 0 saturated carbocycles. The Morgan fingerprint density at radius 2 is 1.72 bits per heavy atom. The molecule has 0 bridgehead atoms. The van der Waals surface area contributed by atoms with Crippen LogP contribution in [0.2, 0.25) is 0 Å². The number of amides is 4. The first kappa shape index (κ1) is 33.2. The molecule has 0 radical (unpaired) electrons. The number of carbonyl (C=O) groups is 4. The molecule has 0 spiro atoms. The third-order valence-corrected chi connectivity index (χ3v) is 10.7. The first-order valence-corrected chi connectivity index (χ1v) is 17.3. The van der Waals surface area contributed by atoms with Crippen LogP contribution in [0.3, 0.4) is 0 Å². The smallest absolute Gasteiger partial charge is 0.329 e. The number of benzene rings is 3. The summed E-state index contributed by atoms with van der Waals surface area (Å²) in [7, 11) is -2.68. The lowest BCUT2D eigenvalue weighted by atomic mass is 10.1. The van der Waals surface area contributed by atoms with E-state index in [1.165, 1.54) is 33.4 Å². The molecule has 18 heteroatoms. The van der Waals surface area contributed by atoms with E-state index in [9.17, 15) is 37.5 Å². The average molecular weight is 709 g/mol. The van der Waals surface area contributed by atoms with Gasteiger partial charge in [0.2, 0.25) is 17.7 Å². The summed E-state index contributed by atoms with van der Waals surface area (Å²) in [6.07, 6.45) is 0.432. The molecule has 1 aromatic heterocycles. The van der Waals surface area contributed by atoms with Gasteiger partial charge in [-0.2, -0.15) is 8.42 Å². The molecule has 4 N–H and O–H groups in total. The van der Waals surface area contributed by atoms with Crippen molar-refractivity contribution in [1.29, 1.82) is 0 Å². The fourth-order valence-corrected chi connectivity index (χ4v) is 7.97. The molecule has 4 heterocycles. The third-order valence-electron chi connectivity index (χ3n) is 9.30. The Labute approximate surface area is 284 Å². The summed E-state index contributed by atoms with van der Waals surface area (Å²) >= 11 is 0. The number of carbonyl (C=O) groups excluding carboxylic acids is 4. The van der Waals surface area contributed by atoms with E-state index >= 15 is 4.39 Å². The largest absolute Gasteiger partial charge is 0.506 e. The number of phenols is 1. The number of aromatic hydroxyl groups is 1. The molecule has 3 saturated heterocycles. The number of nitrogens with zero attached hydrogens (tertiary/aromatic N) is 5. The highest BCUT2D eigenvalue weighted by molar-refractivity contribution is 7.92. The molecule has 1 unspecified atom stereocenters. The van der Waals surface area contributed by atoms with E-state index in [1.54, 1.807) is 11.8 Å². The summed E-state index contributed by atoms with van der Waals surface area (Å²) in [5.74, 6) is -3.67. The predicted octanol–water partition coefficient (Wildman–Crippen LogP) is 0.253. The van der Waals surface area contributed by atoms with E-state index in [0.717, 1.165) is 5.56 Å². The maximum atomic E-state index is 15.4. The minimum Gasteiger partial charge on any atom is -0.506 e. The molecule has 4 aromatic rings. The summed E-state index contributed by atoms with van der Waals surface area (Å²) in [6.45, 7) is 2.68. The number of nitrogens with one attached hydrogen (secondary N) is 3. The van der Waals surface area contributed by atoms with Gasteiger partial charge in [-0.1, -0.05) is 6.07 Å². The highest BCUT2D eigenvalue weighted by atomic mass is 32.2. The second kappa shape index (κ2) is 12.5. The molecule has 3 aromatic carbocycles. The number of imidazole rings is 1. The van der Waals surface area contributed by atoms with Gasteiger partial charge in [0.25, 0.3) is 5.91 Å². The fourth-order valence-electron chi connectivity index (χ4n) is 6.80. The molecule has 3 aliphatic rings. The van der Waals surface area contributed by atoms with E-state index < -0.39 is 51.9 Å². The quantitative estimate of drug-likeness (QED) is 0.193. The van der Waals surface area contributed by atoms with Crippen molar-refractivity contribution in [2.24, 2.45) is 7.05 Å². The van der Waals surface area contributed by atoms with Crippen molar-refractivity contribution in [2.45, 2.75) is 25.4 Å². The van der Waals surface area contributed by atoms with E-state index in [4.69, 9.17) is 0 Å². The summed E-state index contributed by atoms with van der Waals surface area (Å²) in [6, 6.07) is 10.4. The minimum absolute atomic E-state index is 0.00488.